The van der Waals surface area contributed by atoms with Gasteiger partial charge < -0.3 is 5.32 Å². The lowest BCUT2D eigenvalue weighted by Gasteiger charge is -2.52. The lowest BCUT2D eigenvalue weighted by atomic mass is 9.79. The van der Waals surface area contributed by atoms with Gasteiger partial charge in [0, 0.05) is 24.2 Å². The summed E-state index contributed by atoms with van der Waals surface area (Å²) in [6.45, 7) is 5.88. The van der Waals surface area contributed by atoms with Gasteiger partial charge in [0.05, 0.1) is 0 Å². The van der Waals surface area contributed by atoms with Crippen LogP contribution in [0.25, 0.3) is 0 Å². The Kier molecular flexibility index (Phi) is 3.95. The SMILES string of the molecule is CCNC1CC2CCCC(C1)N2C1CCCC1C. The van der Waals surface area contributed by atoms with Crippen LogP contribution in [-0.2, 0) is 0 Å². The van der Waals surface area contributed by atoms with Crippen molar-refractivity contribution >= 4 is 0 Å². The topological polar surface area (TPSA) is 15.3 Å². The zero-order valence-electron chi connectivity index (χ0n) is 12.2. The Morgan fingerprint density at radius 3 is 2.22 bits per heavy atom. The van der Waals surface area contributed by atoms with E-state index in [-0.39, 0.29) is 0 Å². The van der Waals surface area contributed by atoms with Gasteiger partial charge in [0.1, 0.15) is 0 Å². The average Bonchev–Trinajstić information content (AvgIpc) is 2.74. The molecule has 2 aliphatic heterocycles. The first-order valence-corrected chi connectivity index (χ1v) is 8.30. The molecule has 2 heterocycles. The summed E-state index contributed by atoms with van der Waals surface area (Å²) < 4.78 is 0. The molecule has 0 aromatic rings. The van der Waals surface area contributed by atoms with Crippen molar-refractivity contribution in [2.24, 2.45) is 5.92 Å². The van der Waals surface area contributed by atoms with E-state index in [1.54, 1.807) is 0 Å². The standard InChI is InChI=1S/C16H30N2/c1-3-17-13-10-14-7-5-8-15(11-13)18(14)16-9-4-6-12(16)2/h12-17H,3-11H2,1-2H3. The third kappa shape index (κ3) is 2.34. The Balaban J connectivity index is 1.71. The molecular formula is C16H30N2. The fourth-order valence-electron chi connectivity index (χ4n) is 4.98. The molecule has 4 unspecified atom stereocenters. The molecule has 0 aromatic heterocycles. The van der Waals surface area contributed by atoms with Gasteiger partial charge in [-0.15, -0.1) is 0 Å². The minimum Gasteiger partial charge on any atom is -0.314 e. The van der Waals surface area contributed by atoms with Crippen molar-refractivity contribution in [3.05, 3.63) is 0 Å². The van der Waals surface area contributed by atoms with Gasteiger partial charge in [-0.3, -0.25) is 4.90 Å². The monoisotopic (exact) mass is 250 g/mol. The second-order valence-electron chi connectivity index (χ2n) is 6.89. The highest BCUT2D eigenvalue weighted by atomic mass is 15.2. The second-order valence-corrected chi connectivity index (χ2v) is 6.89. The Hall–Kier alpha value is -0.0800. The Morgan fingerprint density at radius 2 is 1.67 bits per heavy atom. The third-order valence-electron chi connectivity index (χ3n) is 5.72. The van der Waals surface area contributed by atoms with Crippen molar-refractivity contribution in [3.63, 3.8) is 0 Å². The van der Waals surface area contributed by atoms with Gasteiger partial charge in [-0.25, -0.2) is 0 Å². The normalized spacial score (nSPS) is 45.3. The Morgan fingerprint density at radius 1 is 1.00 bits per heavy atom. The number of fused-ring (bicyclic) bond motifs is 2. The fourth-order valence-corrected chi connectivity index (χ4v) is 4.98. The third-order valence-corrected chi connectivity index (χ3v) is 5.72. The molecule has 3 aliphatic rings. The van der Waals surface area contributed by atoms with Crippen LogP contribution in [0.5, 0.6) is 0 Å². The molecule has 2 saturated heterocycles. The van der Waals surface area contributed by atoms with Crippen molar-refractivity contribution in [2.45, 2.75) is 89.4 Å². The van der Waals surface area contributed by atoms with E-state index in [0.717, 1.165) is 36.6 Å². The Labute approximate surface area is 113 Å². The molecule has 0 spiro atoms. The molecule has 1 N–H and O–H groups in total. The van der Waals surface area contributed by atoms with E-state index in [1.807, 2.05) is 0 Å². The molecule has 2 heteroatoms. The molecule has 0 radical (unpaired) electrons. The van der Waals surface area contributed by atoms with Crippen LogP contribution in [0.15, 0.2) is 0 Å². The van der Waals surface area contributed by atoms with Gasteiger partial charge >= 0.3 is 0 Å². The zero-order chi connectivity index (χ0) is 12.5. The van der Waals surface area contributed by atoms with E-state index in [4.69, 9.17) is 0 Å². The summed E-state index contributed by atoms with van der Waals surface area (Å²) in [6.07, 6.45) is 11.6. The fraction of sp³-hybridized carbons (Fsp3) is 1.00. The van der Waals surface area contributed by atoms with Crippen LogP contribution in [0.4, 0.5) is 0 Å². The number of piperidine rings is 2. The highest BCUT2D eigenvalue weighted by Crippen LogP contribution is 2.41. The molecule has 1 aliphatic carbocycles. The summed E-state index contributed by atoms with van der Waals surface area (Å²) in [5.74, 6) is 0.948. The maximum absolute atomic E-state index is 3.71. The van der Waals surface area contributed by atoms with Crippen molar-refractivity contribution < 1.29 is 0 Å². The molecular weight excluding hydrogens is 220 g/mol. The van der Waals surface area contributed by atoms with Crippen LogP contribution in [0.2, 0.25) is 0 Å². The van der Waals surface area contributed by atoms with Gasteiger partial charge in [-0.1, -0.05) is 26.7 Å². The number of hydrogen-bond acceptors (Lipinski definition) is 2. The van der Waals surface area contributed by atoms with E-state index in [9.17, 15) is 0 Å². The van der Waals surface area contributed by atoms with Gasteiger partial charge in [-0.05, 0) is 51.0 Å². The second kappa shape index (κ2) is 5.50. The highest BCUT2D eigenvalue weighted by Gasteiger charge is 2.43. The summed E-state index contributed by atoms with van der Waals surface area (Å²) in [5, 5.41) is 3.71. The van der Waals surface area contributed by atoms with Crippen LogP contribution in [0.3, 0.4) is 0 Å². The molecule has 4 atom stereocenters. The van der Waals surface area contributed by atoms with Crippen molar-refractivity contribution in [1.82, 2.24) is 10.2 Å². The lowest BCUT2D eigenvalue weighted by Crippen LogP contribution is -2.60. The predicted octanol–water partition coefficient (Wildman–Crippen LogP) is 3.17. The van der Waals surface area contributed by atoms with Gasteiger partial charge in [0.25, 0.3) is 0 Å². The summed E-state index contributed by atoms with van der Waals surface area (Å²) in [7, 11) is 0. The molecule has 3 rings (SSSR count). The number of nitrogens with one attached hydrogen (secondary N) is 1. The lowest BCUT2D eigenvalue weighted by molar-refractivity contribution is -0.0203. The van der Waals surface area contributed by atoms with Gasteiger partial charge in [-0.2, -0.15) is 0 Å². The minimum atomic E-state index is 0.804. The zero-order valence-corrected chi connectivity index (χ0v) is 12.2. The average molecular weight is 250 g/mol. The molecule has 2 nitrogen and oxygen atoms in total. The van der Waals surface area contributed by atoms with Crippen LogP contribution in [0.1, 0.15) is 65.2 Å². The Bertz CT molecular complexity index is 264. The quantitative estimate of drug-likeness (QED) is 0.827. The number of nitrogens with zero attached hydrogens (tertiary/aromatic N) is 1. The predicted molar refractivity (Wildman–Crippen MR) is 76.8 cm³/mol. The number of hydrogen-bond donors (Lipinski definition) is 1. The van der Waals surface area contributed by atoms with E-state index in [2.05, 4.69) is 24.1 Å². The summed E-state index contributed by atoms with van der Waals surface area (Å²) in [5.41, 5.74) is 0. The summed E-state index contributed by atoms with van der Waals surface area (Å²) >= 11 is 0. The maximum atomic E-state index is 3.71. The van der Waals surface area contributed by atoms with Crippen molar-refractivity contribution in [1.29, 1.82) is 0 Å². The first-order chi connectivity index (χ1) is 8.79. The summed E-state index contributed by atoms with van der Waals surface area (Å²) in [6, 6.07) is 3.51. The van der Waals surface area contributed by atoms with Crippen molar-refractivity contribution in [3.8, 4) is 0 Å². The molecule has 104 valence electrons. The molecule has 1 saturated carbocycles. The van der Waals surface area contributed by atoms with Crippen LogP contribution < -0.4 is 5.32 Å². The van der Waals surface area contributed by atoms with Crippen LogP contribution in [0, 0.1) is 5.92 Å². The van der Waals surface area contributed by atoms with Crippen LogP contribution in [-0.4, -0.2) is 35.6 Å². The van der Waals surface area contributed by atoms with Gasteiger partial charge in [0.2, 0.25) is 0 Å². The molecule has 2 bridgehead atoms. The van der Waals surface area contributed by atoms with E-state index in [1.165, 1.54) is 51.4 Å². The van der Waals surface area contributed by atoms with E-state index < -0.39 is 0 Å². The molecule has 18 heavy (non-hydrogen) atoms. The van der Waals surface area contributed by atoms with Crippen molar-refractivity contribution in [2.75, 3.05) is 6.54 Å². The highest BCUT2D eigenvalue weighted by molar-refractivity contribution is 4.99. The maximum Gasteiger partial charge on any atom is 0.0127 e. The number of rotatable bonds is 3. The smallest absolute Gasteiger partial charge is 0.0127 e. The summed E-state index contributed by atoms with van der Waals surface area (Å²) in [4.78, 5) is 2.98. The molecule has 0 aromatic carbocycles. The van der Waals surface area contributed by atoms with Crippen LogP contribution >= 0.6 is 0 Å². The largest absolute Gasteiger partial charge is 0.314 e. The van der Waals surface area contributed by atoms with Gasteiger partial charge in [0.15, 0.2) is 0 Å². The molecule has 3 fully saturated rings. The van der Waals surface area contributed by atoms with E-state index in [0.29, 0.717) is 0 Å². The molecule has 0 amide bonds. The first kappa shape index (κ1) is 12.9. The minimum absolute atomic E-state index is 0.804. The van der Waals surface area contributed by atoms with E-state index >= 15 is 0 Å². The first-order valence-electron chi connectivity index (χ1n) is 8.30.